The highest BCUT2D eigenvalue weighted by Crippen LogP contribution is 2.35. The average Bonchev–Trinajstić information content (AvgIpc) is 3.04. The molecule has 1 atom stereocenters. The Morgan fingerprint density at radius 3 is 2.38 bits per heavy atom. The van der Waals surface area contributed by atoms with Gasteiger partial charge in [-0.25, -0.2) is 4.79 Å². The number of carbonyl (C=O) groups excluding carboxylic acids is 1. The first-order chi connectivity index (χ1) is 11.5. The molecule has 1 aliphatic rings. The first-order valence-electron chi connectivity index (χ1n) is 7.63. The van der Waals surface area contributed by atoms with Gasteiger partial charge in [-0.2, -0.15) is 0 Å². The van der Waals surface area contributed by atoms with Gasteiger partial charge >= 0.3 is 5.97 Å². The minimum absolute atomic E-state index is 0.105. The van der Waals surface area contributed by atoms with Crippen molar-refractivity contribution >= 4 is 11.9 Å². The van der Waals surface area contributed by atoms with Crippen LogP contribution in [0.25, 0.3) is 0 Å². The fourth-order valence-corrected chi connectivity index (χ4v) is 3.06. The Bertz CT molecular complexity index is 784. The summed E-state index contributed by atoms with van der Waals surface area (Å²) in [6.07, 6.45) is 1.60. The Morgan fingerprint density at radius 2 is 1.75 bits per heavy atom. The minimum Gasteiger partial charge on any atom is -0.508 e. The van der Waals surface area contributed by atoms with Crippen LogP contribution in [0.2, 0.25) is 0 Å². The summed E-state index contributed by atoms with van der Waals surface area (Å²) < 4.78 is 0. The molecule has 24 heavy (non-hydrogen) atoms. The monoisotopic (exact) mass is 327 g/mol. The molecule has 0 bridgehead atoms. The number of hydrogen-bond acceptors (Lipinski definition) is 4. The Balaban J connectivity index is 1.87. The molecule has 124 valence electrons. The predicted octanol–water partition coefficient (Wildman–Crippen LogP) is 2.77. The van der Waals surface area contributed by atoms with E-state index in [0.29, 0.717) is 6.54 Å². The summed E-state index contributed by atoms with van der Waals surface area (Å²) in [6.45, 7) is 0.560. The van der Waals surface area contributed by atoms with Crippen LogP contribution in [-0.4, -0.2) is 38.6 Å². The van der Waals surface area contributed by atoms with E-state index in [-0.39, 0.29) is 34.6 Å². The smallest absolute Gasteiger partial charge is 0.335 e. The van der Waals surface area contributed by atoms with Crippen LogP contribution in [0.1, 0.15) is 45.2 Å². The van der Waals surface area contributed by atoms with Gasteiger partial charge in [-0.15, -0.1) is 0 Å². The van der Waals surface area contributed by atoms with E-state index in [2.05, 4.69) is 0 Å². The van der Waals surface area contributed by atoms with Crippen molar-refractivity contribution in [3.63, 3.8) is 0 Å². The van der Waals surface area contributed by atoms with Crippen molar-refractivity contribution in [2.24, 2.45) is 0 Å². The van der Waals surface area contributed by atoms with Gasteiger partial charge in [0.25, 0.3) is 5.91 Å². The van der Waals surface area contributed by atoms with E-state index >= 15 is 0 Å². The average molecular weight is 327 g/mol. The highest BCUT2D eigenvalue weighted by molar-refractivity contribution is 5.97. The zero-order valence-corrected chi connectivity index (χ0v) is 12.8. The molecule has 0 aromatic heterocycles. The largest absolute Gasteiger partial charge is 0.508 e. The molecule has 1 heterocycles. The van der Waals surface area contributed by atoms with E-state index in [9.17, 15) is 19.8 Å². The molecule has 1 unspecified atom stereocenters. The van der Waals surface area contributed by atoms with Gasteiger partial charge < -0.3 is 20.2 Å². The van der Waals surface area contributed by atoms with E-state index in [1.165, 1.54) is 24.3 Å². The zero-order valence-electron chi connectivity index (χ0n) is 12.8. The number of amides is 1. The van der Waals surface area contributed by atoms with E-state index in [4.69, 9.17) is 5.11 Å². The first kappa shape index (κ1) is 15.9. The zero-order chi connectivity index (χ0) is 17.3. The number of phenolic OH excluding ortho intramolecular Hbond substituents is 2. The first-order valence-corrected chi connectivity index (χ1v) is 7.63. The molecule has 1 fully saturated rings. The van der Waals surface area contributed by atoms with Gasteiger partial charge in [0, 0.05) is 12.6 Å². The number of nitrogens with zero attached hydrogens (tertiary/aromatic N) is 1. The third-order valence-electron chi connectivity index (χ3n) is 4.27. The number of aromatic carboxylic acids is 1. The Kier molecular flexibility index (Phi) is 4.12. The van der Waals surface area contributed by atoms with Gasteiger partial charge in [0.05, 0.1) is 17.2 Å². The fraction of sp³-hybridized carbons (Fsp3) is 0.222. The van der Waals surface area contributed by atoms with Gasteiger partial charge in [0.15, 0.2) is 0 Å². The van der Waals surface area contributed by atoms with Gasteiger partial charge in [-0.1, -0.05) is 12.1 Å². The van der Waals surface area contributed by atoms with Gasteiger partial charge in [-0.3, -0.25) is 4.79 Å². The van der Waals surface area contributed by atoms with Crippen molar-refractivity contribution in [2.45, 2.75) is 18.9 Å². The molecule has 1 saturated heterocycles. The lowest BCUT2D eigenvalue weighted by molar-refractivity contribution is 0.0693. The summed E-state index contributed by atoms with van der Waals surface area (Å²) in [4.78, 5) is 25.3. The number of carbonyl (C=O) groups is 2. The van der Waals surface area contributed by atoms with Crippen LogP contribution in [0.3, 0.4) is 0 Å². The third-order valence-corrected chi connectivity index (χ3v) is 4.27. The molecule has 6 heteroatoms. The maximum atomic E-state index is 12.7. The van der Waals surface area contributed by atoms with E-state index in [1.807, 2.05) is 0 Å². The normalized spacial score (nSPS) is 17.0. The number of carboxylic acid groups (broad SMARTS) is 1. The molecule has 6 nitrogen and oxygen atoms in total. The van der Waals surface area contributed by atoms with E-state index < -0.39 is 5.97 Å². The summed E-state index contributed by atoms with van der Waals surface area (Å²) in [5.41, 5.74) is 1.21. The summed E-state index contributed by atoms with van der Waals surface area (Å²) in [5.74, 6) is -1.66. The second-order valence-corrected chi connectivity index (χ2v) is 5.79. The Morgan fingerprint density at radius 1 is 1.04 bits per heavy atom. The molecular formula is C18H17NO5. The lowest BCUT2D eigenvalue weighted by Crippen LogP contribution is -2.30. The van der Waals surface area contributed by atoms with E-state index in [0.717, 1.165) is 24.5 Å². The van der Waals surface area contributed by atoms with Crippen molar-refractivity contribution in [2.75, 3.05) is 6.54 Å². The number of rotatable bonds is 3. The van der Waals surface area contributed by atoms with Gasteiger partial charge in [0.1, 0.15) is 11.5 Å². The molecule has 2 aromatic carbocycles. The summed E-state index contributed by atoms with van der Waals surface area (Å²) in [7, 11) is 0. The molecule has 1 amide bonds. The van der Waals surface area contributed by atoms with Crippen LogP contribution in [-0.2, 0) is 0 Å². The van der Waals surface area contributed by atoms with Crippen LogP contribution in [0.5, 0.6) is 11.5 Å². The molecular weight excluding hydrogens is 310 g/mol. The van der Waals surface area contributed by atoms with E-state index in [1.54, 1.807) is 17.0 Å². The SMILES string of the molecule is O=C(O)c1ccc(C2CCCN2C(=O)c2ccc(O)cc2O)cc1. The van der Waals surface area contributed by atoms with Crippen LogP contribution in [0.15, 0.2) is 42.5 Å². The number of carboxylic acids is 1. The second-order valence-electron chi connectivity index (χ2n) is 5.79. The van der Waals surface area contributed by atoms with Crippen LogP contribution < -0.4 is 0 Å². The standard InChI is InChI=1S/C18H17NO5/c20-13-7-8-14(16(21)10-13)17(22)19-9-1-2-15(19)11-3-5-12(6-4-11)18(23)24/h3-8,10,15,20-21H,1-2,9H2,(H,23,24). The molecule has 0 aliphatic carbocycles. The lowest BCUT2D eigenvalue weighted by atomic mass is 10.0. The molecule has 0 spiro atoms. The number of likely N-dealkylation sites (tertiary alicyclic amines) is 1. The maximum Gasteiger partial charge on any atom is 0.335 e. The van der Waals surface area contributed by atoms with Crippen molar-refractivity contribution < 1.29 is 24.9 Å². The Hall–Kier alpha value is -3.02. The topological polar surface area (TPSA) is 98.1 Å². The predicted molar refractivity (Wildman–Crippen MR) is 86.2 cm³/mol. The summed E-state index contributed by atoms with van der Waals surface area (Å²) >= 11 is 0. The van der Waals surface area contributed by atoms with Crippen LogP contribution in [0, 0.1) is 0 Å². The van der Waals surface area contributed by atoms with Gasteiger partial charge in [-0.05, 0) is 42.7 Å². The molecule has 1 aliphatic heterocycles. The van der Waals surface area contributed by atoms with Crippen molar-refractivity contribution in [1.82, 2.24) is 4.90 Å². The Labute approximate surface area is 138 Å². The molecule has 0 saturated carbocycles. The van der Waals surface area contributed by atoms with Crippen LogP contribution >= 0.6 is 0 Å². The maximum absolute atomic E-state index is 12.7. The molecule has 2 aromatic rings. The fourth-order valence-electron chi connectivity index (χ4n) is 3.06. The number of aromatic hydroxyl groups is 2. The minimum atomic E-state index is -0.991. The van der Waals surface area contributed by atoms with Crippen molar-refractivity contribution in [1.29, 1.82) is 0 Å². The quantitative estimate of drug-likeness (QED) is 0.805. The highest BCUT2D eigenvalue weighted by atomic mass is 16.4. The number of benzene rings is 2. The second kappa shape index (κ2) is 6.23. The lowest BCUT2D eigenvalue weighted by Gasteiger charge is -2.25. The molecule has 3 rings (SSSR count). The third kappa shape index (κ3) is 2.90. The van der Waals surface area contributed by atoms with Gasteiger partial charge in [0.2, 0.25) is 0 Å². The van der Waals surface area contributed by atoms with Crippen LogP contribution in [0.4, 0.5) is 0 Å². The highest BCUT2D eigenvalue weighted by Gasteiger charge is 2.31. The summed E-state index contributed by atoms with van der Waals surface area (Å²) in [6, 6.07) is 10.2. The molecule has 3 N–H and O–H groups in total. The number of phenols is 2. The van der Waals surface area contributed by atoms with Crippen molar-refractivity contribution in [3.8, 4) is 11.5 Å². The molecule has 0 radical (unpaired) electrons. The summed E-state index contributed by atoms with van der Waals surface area (Å²) in [5, 5.41) is 28.2. The van der Waals surface area contributed by atoms with Crippen molar-refractivity contribution in [3.05, 3.63) is 59.2 Å². The number of hydrogen-bond donors (Lipinski definition) is 3.